The SMILES string of the molecule is Cc1ccc(OC[C@@]2(S)CCN2C)cc1C(=O)NC1(c2cc(=O)[nH]c3ccccc23)CC1. The second kappa shape index (κ2) is 7.67. The number of aromatic nitrogens is 1. The number of thiol groups is 1. The largest absolute Gasteiger partial charge is 0.491 e. The second-order valence-electron chi connectivity index (χ2n) is 9.05. The number of nitrogens with one attached hydrogen (secondary N) is 2. The Morgan fingerprint density at radius 3 is 2.66 bits per heavy atom. The highest BCUT2D eigenvalue weighted by atomic mass is 32.1. The molecule has 166 valence electrons. The van der Waals surface area contributed by atoms with Crippen LogP contribution in [0.25, 0.3) is 10.9 Å². The maximum Gasteiger partial charge on any atom is 0.252 e. The van der Waals surface area contributed by atoms with Gasteiger partial charge in [-0.25, -0.2) is 0 Å². The Labute approximate surface area is 192 Å². The van der Waals surface area contributed by atoms with E-state index in [-0.39, 0.29) is 16.3 Å². The number of carbonyl (C=O) groups excluding carboxylic acids is 1. The minimum Gasteiger partial charge on any atom is -0.491 e. The minimum atomic E-state index is -0.516. The number of fused-ring (bicyclic) bond motifs is 1. The van der Waals surface area contributed by atoms with Crippen molar-refractivity contribution in [1.82, 2.24) is 15.2 Å². The van der Waals surface area contributed by atoms with Crippen LogP contribution in [0.1, 0.15) is 40.7 Å². The van der Waals surface area contributed by atoms with Crippen LogP contribution in [0.15, 0.2) is 53.3 Å². The van der Waals surface area contributed by atoms with Crippen molar-refractivity contribution in [2.24, 2.45) is 0 Å². The molecular weight excluding hydrogens is 422 g/mol. The molecule has 6 nitrogen and oxygen atoms in total. The predicted molar refractivity (Wildman–Crippen MR) is 129 cm³/mol. The zero-order valence-corrected chi connectivity index (χ0v) is 19.2. The molecule has 1 aromatic heterocycles. The average molecular weight is 450 g/mol. The number of aromatic amines is 1. The lowest BCUT2D eigenvalue weighted by atomic mass is 9.99. The van der Waals surface area contributed by atoms with Crippen LogP contribution in [-0.4, -0.2) is 40.9 Å². The monoisotopic (exact) mass is 449 g/mol. The van der Waals surface area contributed by atoms with E-state index in [1.807, 2.05) is 50.4 Å². The molecule has 1 atom stereocenters. The number of benzene rings is 2. The average Bonchev–Trinajstić information content (AvgIpc) is 3.56. The number of hydrogen-bond donors (Lipinski definition) is 3. The van der Waals surface area contributed by atoms with Crippen LogP contribution in [0.5, 0.6) is 5.75 Å². The van der Waals surface area contributed by atoms with Gasteiger partial charge in [-0.15, -0.1) is 0 Å². The molecule has 0 spiro atoms. The maximum absolute atomic E-state index is 13.3. The fraction of sp³-hybridized carbons (Fsp3) is 0.360. The summed E-state index contributed by atoms with van der Waals surface area (Å²) in [5.74, 6) is 0.497. The molecule has 32 heavy (non-hydrogen) atoms. The van der Waals surface area contributed by atoms with E-state index >= 15 is 0 Å². The molecule has 1 saturated carbocycles. The molecule has 2 fully saturated rings. The van der Waals surface area contributed by atoms with E-state index in [1.165, 1.54) is 0 Å². The number of aryl methyl sites for hydroxylation is 1. The summed E-state index contributed by atoms with van der Waals surface area (Å²) in [4.78, 5) is 30.3. The normalized spacial score (nSPS) is 21.7. The zero-order valence-electron chi connectivity index (χ0n) is 18.3. The molecule has 1 amide bonds. The Balaban J connectivity index is 1.39. The number of H-pyrrole nitrogens is 1. The first-order valence-electron chi connectivity index (χ1n) is 10.9. The van der Waals surface area contributed by atoms with Crippen molar-refractivity contribution in [1.29, 1.82) is 0 Å². The van der Waals surface area contributed by atoms with Gasteiger partial charge in [0, 0.05) is 29.1 Å². The molecule has 2 heterocycles. The lowest BCUT2D eigenvalue weighted by molar-refractivity contribution is 0.0499. The highest BCUT2D eigenvalue weighted by molar-refractivity contribution is 7.81. The molecule has 2 N–H and O–H groups in total. The summed E-state index contributed by atoms with van der Waals surface area (Å²) in [7, 11) is 2.03. The third kappa shape index (κ3) is 3.69. The van der Waals surface area contributed by atoms with Gasteiger partial charge in [-0.05, 0) is 62.6 Å². The van der Waals surface area contributed by atoms with E-state index in [9.17, 15) is 9.59 Å². The number of likely N-dealkylation sites (N-methyl/N-ethyl adjacent to an activating group) is 1. The topological polar surface area (TPSA) is 74.4 Å². The van der Waals surface area contributed by atoms with Crippen LogP contribution in [0.4, 0.5) is 0 Å². The fourth-order valence-electron chi connectivity index (χ4n) is 4.38. The lowest BCUT2D eigenvalue weighted by Gasteiger charge is -2.46. The number of amides is 1. The molecule has 7 heteroatoms. The summed E-state index contributed by atoms with van der Waals surface area (Å²) in [6, 6.07) is 14.9. The van der Waals surface area contributed by atoms with Crippen LogP contribution >= 0.6 is 12.6 Å². The van der Waals surface area contributed by atoms with Gasteiger partial charge in [-0.1, -0.05) is 24.3 Å². The molecule has 1 aliphatic carbocycles. The smallest absolute Gasteiger partial charge is 0.252 e. The number of nitrogens with zero attached hydrogens (tertiary/aromatic N) is 1. The highest BCUT2D eigenvalue weighted by Crippen LogP contribution is 2.47. The van der Waals surface area contributed by atoms with E-state index < -0.39 is 5.54 Å². The summed E-state index contributed by atoms with van der Waals surface area (Å²) >= 11 is 4.72. The van der Waals surface area contributed by atoms with Crippen molar-refractivity contribution in [2.75, 3.05) is 20.2 Å². The third-order valence-corrected chi connectivity index (χ3v) is 7.54. The van der Waals surface area contributed by atoms with Crippen molar-refractivity contribution in [3.63, 3.8) is 0 Å². The van der Waals surface area contributed by atoms with Crippen LogP contribution in [0.2, 0.25) is 0 Å². The molecule has 1 aliphatic heterocycles. The maximum atomic E-state index is 13.3. The number of carbonyl (C=O) groups is 1. The van der Waals surface area contributed by atoms with Crippen molar-refractivity contribution >= 4 is 29.4 Å². The summed E-state index contributed by atoms with van der Waals surface area (Å²) in [5, 5.41) is 4.18. The first-order valence-corrected chi connectivity index (χ1v) is 11.4. The number of ether oxygens (including phenoxy) is 1. The zero-order chi connectivity index (χ0) is 22.5. The van der Waals surface area contributed by atoms with Crippen LogP contribution in [0.3, 0.4) is 0 Å². The lowest BCUT2D eigenvalue weighted by Crippen LogP contribution is -2.57. The van der Waals surface area contributed by atoms with Crippen LogP contribution in [0, 0.1) is 6.92 Å². The first kappa shape index (κ1) is 21.1. The van der Waals surface area contributed by atoms with Crippen LogP contribution < -0.4 is 15.6 Å². The van der Waals surface area contributed by atoms with E-state index in [0.717, 1.165) is 47.8 Å². The standard InChI is InChI=1S/C25H27N3O3S/c1-16-7-8-17(31-15-25(32)11-12-28(25)2)13-19(16)23(30)27-24(9-10-24)20-14-22(29)26-21-6-4-3-5-18(20)21/h3-8,13-14,32H,9-12,15H2,1-2H3,(H,26,29)(H,27,30)/t25-/m0/s1. The van der Waals surface area contributed by atoms with Crippen molar-refractivity contribution in [3.8, 4) is 5.75 Å². The van der Waals surface area contributed by atoms with Gasteiger partial charge in [0.15, 0.2) is 0 Å². The Morgan fingerprint density at radius 2 is 1.97 bits per heavy atom. The molecule has 5 rings (SSSR count). The molecule has 0 unspecified atom stereocenters. The molecule has 2 aromatic carbocycles. The number of likely N-dealkylation sites (tertiary alicyclic amines) is 1. The minimum absolute atomic E-state index is 0.156. The van der Waals surface area contributed by atoms with E-state index in [0.29, 0.717) is 17.9 Å². The Hall–Kier alpha value is -2.77. The quantitative estimate of drug-likeness (QED) is 0.503. The van der Waals surface area contributed by atoms with Gasteiger partial charge in [0.2, 0.25) is 5.56 Å². The molecule has 3 aromatic rings. The molecule has 2 aliphatic rings. The summed E-state index contributed by atoms with van der Waals surface area (Å²) in [5.41, 5.74) is 2.44. The van der Waals surface area contributed by atoms with Gasteiger partial charge in [0.05, 0.1) is 10.4 Å². The van der Waals surface area contributed by atoms with Crippen molar-refractivity contribution in [2.45, 2.75) is 36.6 Å². The summed E-state index contributed by atoms with van der Waals surface area (Å²) in [6.07, 6.45) is 2.57. The summed E-state index contributed by atoms with van der Waals surface area (Å²) in [6.45, 7) is 3.38. The first-order chi connectivity index (χ1) is 15.3. The van der Waals surface area contributed by atoms with Gasteiger partial charge >= 0.3 is 0 Å². The molecule has 0 bridgehead atoms. The van der Waals surface area contributed by atoms with E-state index in [2.05, 4.69) is 15.2 Å². The predicted octanol–water partition coefficient (Wildman–Crippen LogP) is 3.60. The van der Waals surface area contributed by atoms with E-state index in [1.54, 1.807) is 12.1 Å². The Bertz CT molecular complexity index is 1270. The van der Waals surface area contributed by atoms with Gasteiger partial charge in [0.1, 0.15) is 12.4 Å². The number of pyridine rings is 1. The number of rotatable bonds is 6. The third-order valence-electron chi connectivity index (χ3n) is 6.85. The highest BCUT2D eigenvalue weighted by Gasteiger charge is 2.47. The van der Waals surface area contributed by atoms with Gasteiger partial charge in [0.25, 0.3) is 5.91 Å². The summed E-state index contributed by atoms with van der Waals surface area (Å²) < 4.78 is 5.99. The van der Waals surface area contributed by atoms with E-state index in [4.69, 9.17) is 17.4 Å². The number of para-hydroxylation sites is 1. The number of hydrogen-bond acceptors (Lipinski definition) is 5. The van der Waals surface area contributed by atoms with Crippen molar-refractivity contribution < 1.29 is 9.53 Å². The van der Waals surface area contributed by atoms with Gasteiger partial charge in [-0.2, -0.15) is 12.6 Å². The Kier molecular flexibility index (Phi) is 5.06. The molecule has 0 radical (unpaired) electrons. The fourth-order valence-corrected chi connectivity index (χ4v) is 4.65. The molecule has 1 saturated heterocycles. The Morgan fingerprint density at radius 1 is 1.19 bits per heavy atom. The van der Waals surface area contributed by atoms with Gasteiger partial charge < -0.3 is 15.0 Å². The second-order valence-corrected chi connectivity index (χ2v) is 9.88. The van der Waals surface area contributed by atoms with Crippen LogP contribution in [-0.2, 0) is 5.54 Å². The molecular formula is C25H27N3O3S. The van der Waals surface area contributed by atoms with Crippen molar-refractivity contribution in [3.05, 3.63) is 75.6 Å². The van der Waals surface area contributed by atoms with Gasteiger partial charge in [-0.3, -0.25) is 14.5 Å².